The molecule has 0 saturated heterocycles. The van der Waals surface area contributed by atoms with Crippen molar-refractivity contribution in [2.24, 2.45) is 7.05 Å². The smallest absolute Gasteiger partial charge is 0.272 e. The summed E-state index contributed by atoms with van der Waals surface area (Å²) in [5, 5.41) is 2.63. The zero-order valence-electron chi connectivity index (χ0n) is 15.3. The monoisotopic (exact) mass is 382 g/mol. The predicted molar refractivity (Wildman–Crippen MR) is 97.7 cm³/mol. The van der Waals surface area contributed by atoms with Gasteiger partial charge in [0.25, 0.3) is 15.9 Å². The summed E-state index contributed by atoms with van der Waals surface area (Å²) >= 11 is 0. The number of carbonyl (C=O) groups excluding carboxylic acids is 1. The standard InChI is InChI=1S/C17H23FN4O3S/c1-11-8-12(6-7-14(11)18)19-16(23)15-9-13(10-22(15)5)26(24,25)21-20-17(2,3)4/h6-10,20-21H,1-5H3,(H,19,23). The van der Waals surface area contributed by atoms with Crippen LogP contribution in [0.5, 0.6) is 0 Å². The van der Waals surface area contributed by atoms with Crippen LogP contribution in [0.4, 0.5) is 10.1 Å². The first-order valence-corrected chi connectivity index (χ1v) is 9.40. The molecule has 0 bridgehead atoms. The summed E-state index contributed by atoms with van der Waals surface area (Å²) in [4.78, 5) is 14.7. The minimum atomic E-state index is -3.83. The van der Waals surface area contributed by atoms with Crippen molar-refractivity contribution >= 4 is 21.6 Å². The second-order valence-corrected chi connectivity index (χ2v) is 8.75. The Morgan fingerprint density at radius 3 is 2.42 bits per heavy atom. The maximum atomic E-state index is 13.3. The average Bonchev–Trinajstić information content (AvgIpc) is 2.91. The molecule has 9 heteroatoms. The Hall–Kier alpha value is -2.23. The highest BCUT2D eigenvalue weighted by molar-refractivity contribution is 7.89. The highest BCUT2D eigenvalue weighted by Gasteiger charge is 2.22. The molecule has 0 atom stereocenters. The number of hydrogen-bond acceptors (Lipinski definition) is 4. The maximum absolute atomic E-state index is 13.3. The number of aromatic nitrogens is 1. The lowest BCUT2D eigenvalue weighted by molar-refractivity contribution is 0.101. The van der Waals surface area contributed by atoms with E-state index in [1.165, 1.54) is 35.0 Å². The van der Waals surface area contributed by atoms with Crippen LogP contribution in [-0.2, 0) is 17.1 Å². The summed E-state index contributed by atoms with van der Waals surface area (Å²) in [6, 6.07) is 5.48. The number of carbonyl (C=O) groups is 1. The molecule has 0 spiro atoms. The van der Waals surface area contributed by atoms with Gasteiger partial charge in [0.2, 0.25) is 0 Å². The minimum Gasteiger partial charge on any atom is -0.345 e. The number of halogens is 1. The van der Waals surface area contributed by atoms with Gasteiger partial charge in [0.15, 0.2) is 0 Å². The van der Waals surface area contributed by atoms with E-state index in [1.807, 2.05) is 20.8 Å². The number of sulfonamides is 1. The van der Waals surface area contributed by atoms with Gasteiger partial charge in [0.05, 0.1) is 0 Å². The second-order valence-electron chi connectivity index (χ2n) is 7.07. The molecular weight excluding hydrogens is 359 g/mol. The molecule has 2 rings (SSSR count). The van der Waals surface area contributed by atoms with E-state index in [0.29, 0.717) is 11.3 Å². The van der Waals surface area contributed by atoms with Gasteiger partial charge < -0.3 is 9.88 Å². The molecule has 0 aliphatic rings. The Balaban J connectivity index is 2.21. The summed E-state index contributed by atoms with van der Waals surface area (Å²) in [5.74, 6) is -0.864. The molecule has 0 radical (unpaired) electrons. The molecule has 26 heavy (non-hydrogen) atoms. The number of nitrogens with zero attached hydrogens (tertiary/aromatic N) is 1. The molecule has 0 fully saturated rings. The molecule has 1 aromatic heterocycles. The summed E-state index contributed by atoms with van der Waals surface area (Å²) in [5.41, 5.74) is 3.21. The van der Waals surface area contributed by atoms with E-state index >= 15 is 0 Å². The van der Waals surface area contributed by atoms with E-state index < -0.39 is 21.5 Å². The topological polar surface area (TPSA) is 92.2 Å². The van der Waals surface area contributed by atoms with Crippen molar-refractivity contribution in [2.75, 3.05) is 5.32 Å². The molecule has 1 heterocycles. The van der Waals surface area contributed by atoms with Gasteiger partial charge in [-0.25, -0.2) is 18.2 Å². The van der Waals surface area contributed by atoms with E-state index in [0.717, 1.165) is 0 Å². The van der Waals surface area contributed by atoms with Crippen molar-refractivity contribution in [2.45, 2.75) is 38.1 Å². The van der Waals surface area contributed by atoms with Crippen LogP contribution in [0.2, 0.25) is 0 Å². The van der Waals surface area contributed by atoms with E-state index in [4.69, 9.17) is 0 Å². The summed E-state index contributed by atoms with van der Waals surface area (Å²) in [6.07, 6.45) is 1.34. The van der Waals surface area contributed by atoms with Gasteiger partial charge in [-0.05, 0) is 57.5 Å². The Morgan fingerprint density at radius 1 is 1.19 bits per heavy atom. The first-order chi connectivity index (χ1) is 11.9. The van der Waals surface area contributed by atoms with E-state index in [1.54, 1.807) is 14.0 Å². The van der Waals surface area contributed by atoms with E-state index in [2.05, 4.69) is 15.6 Å². The lowest BCUT2D eigenvalue weighted by atomic mass is 10.1. The van der Waals surface area contributed by atoms with Gasteiger partial charge in [0, 0.05) is 24.5 Å². The van der Waals surface area contributed by atoms with Gasteiger partial charge >= 0.3 is 0 Å². The SMILES string of the molecule is Cc1cc(NC(=O)c2cc(S(=O)(=O)NNC(C)(C)C)cn2C)ccc1F. The third-order valence-electron chi connectivity index (χ3n) is 3.50. The van der Waals surface area contributed by atoms with Crippen LogP contribution in [0.1, 0.15) is 36.8 Å². The van der Waals surface area contributed by atoms with Gasteiger partial charge in [-0.1, -0.05) is 0 Å². The maximum Gasteiger partial charge on any atom is 0.272 e. The summed E-state index contributed by atoms with van der Waals surface area (Å²) in [7, 11) is -2.25. The molecule has 0 aliphatic heterocycles. The molecule has 2 aromatic rings. The fourth-order valence-corrected chi connectivity index (χ4v) is 3.23. The quantitative estimate of drug-likeness (QED) is 0.692. The zero-order valence-corrected chi connectivity index (χ0v) is 16.2. The Kier molecular flexibility index (Phi) is 5.55. The number of amides is 1. The second kappa shape index (κ2) is 7.18. The molecular formula is C17H23FN4O3S. The average molecular weight is 382 g/mol. The van der Waals surface area contributed by atoms with Crippen molar-refractivity contribution in [1.29, 1.82) is 0 Å². The molecule has 3 N–H and O–H groups in total. The first kappa shape index (κ1) is 20.1. The van der Waals surface area contributed by atoms with Crippen molar-refractivity contribution in [3.63, 3.8) is 0 Å². The van der Waals surface area contributed by atoms with E-state index in [9.17, 15) is 17.6 Å². The predicted octanol–water partition coefficient (Wildman–Crippen LogP) is 2.31. The molecule has 0 unspecified atom stereocenters. The molecule has 142 valence electrons. The van der Waals surface area contributed by atoms with Gasteiger partial charge in [-0.2, -0.15) is 0 Å². The Bertz CT molecular complexity index is 930. The number of benzene rings is 1. The molecule has 0 saturated carbocycles. The van der Waals surface area contributed by atoms with Crippen LogP contribution in [0.3, 0.4) is 0 Å². The minimum absolute atomic E-state index is 0.0443. The highest BCUT2D eigenvalue weighted by atomic mass is 32.2. The normalized spacial score (nSPS) is 12.2. The van der Waals surface area contributed by atoms with Crippen LogP contribution in [0.25, 0.3) is 0 Å². The van der Waals surface area contributed by atoms with Crippen molar-refractivity contribution < 1.29 is 17.6 Å². The first-order valence-electron chi connectivity index (χ1n) is 7.92. The Morgan fingerprint density at radius 2 is 1.85 bits per heavy atom. The van der Waals surface area contributed by atoms with Gasteiger partial charge in [-0.3, -0.25) is 4.79 Å². The Labute approximate surface area is 152 Å². The fourth-order valence-electron chi connectivity index (χ4n) is 2.10. The van der Waals surface area contributed by atoms with Crippen molar-refractivity contribution in [3.05, 3.63) is 47.5 Å². The van der Waals surface area contributed by atoms with Crippen LogP contribution < -0.4 is 15.6 Å². The molecule has 1 amide bonds. The van der Waals surface area contributed by atoms with Crippen LogP contribution in [0.15, 0.2) is 35.4 Å². The van der Waals surface area contributed by atoms with E-state index in [-0.39, 0.29) is 16.4 Å². The third-order valence-corrected chi connectivity index (χ3v) is 4.71. The fraction of sp³-hybridized carbons (Fsp3) is 0.353. The molecule has 0 aliphatic carbocycles. The van der Waals surface area contributed by atoms with Crippen LogP contribution >= 0.6 is 0 Å². The third kappa shape index (κ3) is 4.90. The summed E-state index contributed by atoms with van der Waals surface area (Å²) in [6.45, 7) is 7.02. The lowest BCUT2D eigenvalue weighted by Gasteiger charge is -2.20. The van der Waals surface area contributed by atoms with Crippen molar-refractivity contribution in [1.82, 2.24) is 14.8 Å². The van der Waals surface area contributed by atoms with Gasteiger partial charge in [0.1, 0.15) is 16.4 Å². The molecule has 7 nitrogen and oxygen atoms in total. The number of hydrogen-bond donors (Lipinski definition) is 3. The number of hydrazine groups is 1. The van der Waals surface area contributed by atoms with Crippen molar-refractivity contribution in [3.8, 4) is 0 Å². The zero-order chi connectivity index (χ0) is 19.7. The van der Waals surface area contributed by atoms with Crippen LogP contribution in [-0.4, -0.2) is 24.4 Å². The van der Waals surface area contributed by atoms with Gasteiger partial charge in [-0.15, -0.1) is 4.83 Å². The number of aryl methyl sites for hydroxylation is 2. The largest absolute Gasteiger partial charge is 0.345 e. The number of anilines is 1. The molecule has 1 aromatic carbocycles. The number of nitrogens with one attached hydrogen (secondary N) is 3. The lowest BCUT2D eigenvalue weighted by Crippen LogP contribution is -2.48. The summed E-state index contributed by atoms with van der Waals surface area (Å²) < 4.78 is 39.4. The highest BCUT2D eigenvalue weighted by Crippen LogP contribution is 2.17. The number of rotatable bonds is 5. The van der Waals surface area contributed by atoms with Crippen LogP contribution in [0, 0.1) is 12.7 Å².